The van der Waals surface area contributed by atoms with Gasteiger partial charge in [0, 0.05) is 32.3 Å². The van der Waals surface area contributed by atoms with E-state index in [1.807, 2.05) is 17.2 Å². The maximum Gasteiger partial charge on any atom is 0.219 e. The molecule has 1 aliphatic heterocycles. The fraction of sp³-hybridized carbons (Fsp3) is 0.571. The van der Waals surface area contributed by atoms with Crippen LogP contribution in [0, 0.1) is 0 Å². The van der Waals surface area contributed by atoms with Crippen molar-refractivity contribution in [2.24, 2.45) is 0 Å². The number of rotatable bonds is 3. The second-order valence-electron chi connectivity index (χ2n) is 4.83. The highest BCUT2D eigenvalue weighted by Gasteiger charge is 2.20. The van der Waals surface area contributed by atoms with E-state index in [4.69, 9.17) is 0 Å². The quantitative estimate of drug-likeness (QED) is 0.889. The van der Waals surface area contributed by atoms with Crippen molar-refractivity contribution >= 4 is 11.7 Å². The smallest absolute Gasteiger partial charge is 0.219 e. The van der Waals surface area contributed by atoms with E-state index in [-0.39, 0.29) is 5.91 Å². The van der Waals surface area contributed by atoms with Crippen LogP contribution in [0.15, 0.2) is 18.3 Å². The number of aryl methyl sites for hydroxylation is 1. The molecule has 1 N–H and O–H groups in total. The summed E-state index contributed by atoms with van der Waals surface area (Å²) in [4.78, 5) is 17.5. The van der Waals surface area contributed by atoms with Crippen LogP contribution in [0.4, 0.5) is 5.82 Å². The van der Waals surface area contributed by atoms with Gasteiger partial charge in [0.05, 0.1) is 0 Å². The Morgan fingerprint density at radius 3 is 2.83 bits per heavy atom. The molecule has 0 atom stereocenters. The zero-order valence-corrected chi connectivity index (χ0v) is 11.1. The first-order valence-electron chi connectivity index (χ1n) is 6.66. The van der Waals surface area contributed by atoms with Gasteiger partial charge in [-0.05, 0) is 37.0 Å². The molecule has 1 saturated heterocycles. The third kappa shape index (κ3) is 3.22. The number of amides is 1. The maximum absolute atomic E-state index is 11.2. The highest BCUT2D eigenvalue weighted by Crippen LogP contribution is 2.16. The molecular weight excluding hydrogens is 226 g/mol. The molecule has 1 aromatic heterocycles. The molecule has 0 unspecified atom stereocenters. The van der Waals surface area contributed by atoms with Crippen LogP contribution in [-0.2, 0) is 11.2 Å². The zero-order chi connectivity index (χ0) is 13.0. The number of carbonyl (C=O) groups is 1. The first kappa shape index (κ1) is 12.9. The highest BCUT2D eigenvalue weighted by atomic mass is 16.2. The van der Waals surface area contributed by atoms with Gasteiger partial charge in [-0.3, -0.25) is 4.79 Å². The number of nitrogens with one attached hydrogen (secondary N) is 1. The van der Waals surface area contributed by atoms with Gasteiger partial charge in [-0.25, -0.2) is 4.98 Å². The van der Waals surface area contributed by atoms with Crippen molar-refractivity contribution in [2.45, 2.75) is 39.2 Å². The first-order valence-corrected chi connectivity index (χ1v) is 6.66. The molecule has 0 bridgehead atoms. The summed E-state index contributed by atoms with van der Waals surface area (Å²) in [7, 11) is 0. The Balaban J connectivity index is 1.89. The highest BCUT2D eigenvalue weighted by molar-refractivity contribution is 5.73. The molecule has 0 aliphatic carbocycles. The minimum atomic E-state index is 0.180. The number of likely N-dealkylation sites (tertiary alicyclic amines) is 1. The molecule has 4 nitrogen and oxygen atoms in total. The van der Waals surface area contributed by atoms with Crippen LogP contribution >= 0.6 is 0 Å². The lowest BCUT2D eigenvalue weighted by molar-refractivity contribution is -0.129. The van der Waals surface area contributed by atoms with Crippen molar-refractivity contribution in [1.82, 2.24) is 9.88 Å². The van der Waals surface area contributed by atoms with Crippen LogP contribution in [0.5, 0.6) is 0 Å². The zero-order valence-electron chi connectivity index (χ0n) is 11.1. The summed E-state index contributed by atoms with van der Waals surface area (Å²) >= 11 is 0. The van der Waals surface area contributed by atoms with Crippen molar-refractivity contribution < 1.29 is 4.79 Å². The molecule has 1 amide bonds. The first-order chi connectivity index (χ1) is 8.69. The van der Waals surface area contributed by atoms with Crippen LogP contribution in [0.1, 0.15) is 32.3 Å². The van der Waals surface area contributed by atoms with Gasteiger partial charge in [0.1, 0.15) is 5.82 Å². The Bertz CT molecular complexity index is 411. The summed E-state index contributed by atoms with van der Waals surface area (Å²) in [6.45, 7) is 5.48. The molecule has 98 valence electrons. The Morgan fingerprint density at radius 2 is 2.22 bits per heavy atom. The molecule has 2 rings (SSSR count). The number of nitrogens with zero attached hydrogens (tertiary/aromatic N) is 2. The molecule has 0 saturated carbocycles. The topological polar surface area (TPSA) is 45.2 Å². The number of piperidine rings is 1. The van der Waals surface area contributed by atoms with Gasteiger partial charge in [-0.2, -0.15) is 0 Å². The molecule has 0 aromatic carbocycles. The van der Waals surface area contributed by atoms with Crippen LogP contribution in [-0.4, -0.2) is 34.9 Å². The minimum absolute atomic E-state index is 0.180. The van der Waals surface area contributed by atoms with Crippen molar-refractivity contribution in [3.05, 3.63) is 23.9 Å². The number of pyridine rings is 1. The maximum atomic E-state index is 11.2. The second kappa shape index (κ2) is 5.85. The predicted octanol–water partition coefficient (Wildman–Crippen LogP) is 2.07. The minimum Gasteiger partial charge on any atom is -0.367 e. The fourth-order valence-corrected chi connectivity index (χ4v) is 2.32. The van der Waals surface area contributed by atoms with E-state index in [2.05, 4.69) is 23.3 Å². The summed E-state index contributed by atoms with van der Waals surface area (Å²) < 4.78 is 0. The lowest BCUT2D eigenvalue weighted by atomic mass is 10.0. The van der Waals surface area contributed by atoms with E-state index < -0.39 is 0 Å². The number of anilines is 1. The lowest BCUT2D eigenvalue weighted by Crippen LogP contribution is -2.41. The van der Waals surface area contributed by atoms with Gasteiger partial charge < -0.3 is 10.2 Å². The van der Waals surface area contributed by atoms with Gasteiger partial charge in [-0.15, -0.1) is 0 Å². The standard InChI is InChI=1S/C14H21N3O/c1-3-12-4-7-15-14(10-12)16-13-5-8-17(9-6-13)11(2)18/h4,7,10,13H,3,5-6,8-9H2,1-2H3,(H,15,16). The van der Waals surface area contributed by atoms with Gasteiger partial charge in [0.25, 0.3) is 0 Å². The Hall–Kier alpha value is -1.58. The van der Waals surface area contributed by atoms with Crippen molar-refractivity contribution in [3.8, 4) is 0 Å². The lowest BCUT2D eigenvalue weighted by Gasteiger charge is -2.32. The van der Waals surface area contributed by atoms with Gasteiger partial charge in [0.2, 0.25) is 5.91 Å². The fourth-order valence-electron chi connectivity index (χ4n) is 2.32. The van der Waals surface area contributed by atoms with E-state index >= 15 is 0 Å². The molecule has 18 heavy (non-hydrogen) atoms. The van der Waals surface area contributed by atoms with E-state index in [0.29, 0.717) is 6.04 Å². The van der Waals surface area contributed by atoms with E-state index in [0.717, 1.165) is 38.2 Å². The molecular formula is C14H21N3O. The van der Waals surface area contributed by atoms with Crippen molar-refractivity contribution in [2.75, 3.05) is 18.4 Å². The third-order valence-corrected chi connectivity index (χ3v) is 3.52. The average molecular weight is 247 g/mol. The molecule has 1 aromatic rings. The molecule has 1 fully saturated rings. The molecule has 4 heteroatoms. The second-order valence-corrected chi connectivity index (χ2v) is 4.83. The van der Waals surface area contributed by atoms with Gasteiger partial charge in [0.15, 0.2) is 0 Å². The van der Waals surface area contributed by atoms with Gasteiger partial charge in [-0.1, -0.05) is 6.92 Å². The number of carbonyl (C=O) groups excluding carboxylic acids is 1. The largest absolute Gasteiger partial charge is 0.367 e. The van der Waals surface area contributed by atoms with Gasteiger partial charge >= 0.3 is 0 Å². The molecule has 0 spiro atoms. The number of aromatic nitrogens is 1. The molecule has 0 radical (unpaired) electrons. The van der Waals surface area contributed by atoms with E-state index in [1.54, 1.807) is 6.92 Å². The normalized spacial score (nSPS) is 16.7. The summed E-state index contributed by atoms with van der Waals surface area (Å²) in [5.41, 5.74) is 1.30. The van der Waals surface area contributed by atoms with Crippen LogP contribution in [0.3, 0.4) is 0 Å². The third-order valence-electron chi connectivity index (χ3n) is 3.52. The Kier molecular flexibility index (Phi) is 4.18. The van der Waals surface area contributed by atoms with Crippen molar-refractivity contribution in [1.29, 1.82) is 0 Å². The van der Waals surface area contributed by atoms with Crippen LogP contribution < -0.4 is 5.32 Å². The summed E-state index contributed by atoms with van der Waals surface area (Å²) in [6, 6.07) is 4.58. The van der Waals surface area contributed by atoms with Crippen LogP contribution in [0.2, 0.25) is 0 Å². The van der Waals surface area contributed by atoms with E-state index in [9.17, 15) is 4.79 Å². The average Bonchev–Trinajstić information content (AvgIpc) is 2.39. The Morgan fingerprint density at radius 1 is 1.50 bits per heavy atom. The monoisotopic (exact) mass is 247 g/mol. The Labute approximate surface area is 108 Å². The molecule has 1 aliphatic rings. The number of hydrogen-bond donors (Lipinski definition) is 1. The summed E-state index contributed by atoms with van der Waals surface area (Å²) in [5, 5.41) is 3.47. The summed E-state index contributed by atoms with van der Waals surface area (Å²) in [5.74, 6) is 1.13. The summed E-state index contributed by atoms with van der Waals surface area (Å²) in [6.07, 6.45) is 4.88. The van der Waals surface area contributed by atoms with Crippen molar-refractivity contribution in [3.63, 3.8) is 0 Å². The van der Waals surface area contributed by atoms with E-state index in [1.165, 1.54) is 5.56 Å². The predicted molar refractivity (Wildman–Crippen MR) is 72.5 cm³/mol. The SMILES string of the molecule is CCc1ccnc(NC2CCN(C(C)=O)CC2)c1. The van der Waals surface area contributed by atoms with Crippen LogP contribution in [0.25, 0.3) is 0 Å². The number of hydrogen-bond acceptors (Lipinski definition) is 3. The molecule has 2 heterocycles.